The Labute approximate surface area is 335 Å². The number of nitrogens with zero attached hydrogens (tertiary/aromatic N) is 1. The Kier molecular flexibility index (Phi) is 9.78. The first kappa shape index (κ1) is 39.4. The summed E-state index contributed by atoms with van der Waals surface area (Å²) in [5, 5.41) is 57.9. The fraction of sp³-hybridized carbons (Fsp3) is 0.756. The third kappa shape index (κ3) is 5.95. The maximum Gasteiger partial charge on any atom is 0.260 e. The van der Waals surface area contributed by atoms with E-state index >= 15 is 0 Å². The number of ketones is 1. The molecule has 318 valence electrons. The minimum absolute atomic E-state index is 0.105. The lowest BCUT2D eigenvalue weighted by Crippen LogP contribution is -2.67. The molecule has 1 aromatic rings. The first-order chi connectivity index (χ1) is 27.8. The van der Waals surface area contributed by atoms with Crippen LogP contribution in [0.25, 0.3) is 0 Å². The van der Waals surface area contributed by atoms with E-state index in [-0.39, 0.29) is 47.9 Å². The zero-order chi connectivity index (χ0) is 40.5. The number of aliphatic hydroxyl groups is 4. The van der Waals surface area contributed by atoms with E-state index in [0.29, 0.717) is 61.9 Å². The predicted octanol–water partition coefficient (Wildman–Crippen LogP) is 0.279. The van der Waals surface area contributed by atoms with Crippen molar-refractivity contribution >= 4 is 11.7 Å². The van der Waals surface area contributed by atoms with E-state index < -0.39 is 109 Å². The Morgan fingerprint density at radius 3 is 2.43 bits per heavy atom. The maximum absolute atomic E-state index is 14.6. The molecule has 17 nitrogen and oxygen atoms in total. The minimum atomic E-state index is -1.44. The number of methoxy groups -OCH3 is 1. The fourth-order valence-corrected chi connectivity index (χ4v) is 11.6. The highest BCUT2D eigenvalue weighted by atomic mass is 16.7. The number of aromatic hydroxyl groups is 1. The molecule has 1 aromatic carbocycles. The average molecular weight is 816 g/mol. The minimum Gasteiger partial charge on any atom is -0.507 e. The van der Waals surface area contributed by atoms with Gasteiger partial charge in [0.1, 0.15) is 48.4 Å². The van der Waals surface area contributed by atoms with Gasteiger partial charge in [-0.05, 0) is 44.7 Å². The zero-order valence-electron chi connectivity index (χ0n) is 32.9. The average Bonchev–Trinajstić information content (AvgIpc) is 3.58. The maximum atomic E-state index is 14.6. The van der Waals surface area contributed by atoms with E-state index in [1.807, 2.05) is 19.9 Å². The van der Waals surface area contributed by atoms with E-state index in [2.05, 4.69) is 0 Å². The number of Topliss-reactive ketones (excluding diaryl/α,β-unsaturated/α-hetero) is 1. The number of fused-ring (bicyclic) bond motifs is 6. The van der Waals surface area contributed by atoms with Gasteiger partial charge in [-0.15, -0.1) is 0 Å². The summed E-state index contributed by atoms with van der Waals surface area (Å²) in [6.07, 6.45) is -9.37. The Morgan fingerprint density at radius 1 is 0.879 bits per heavy atom. The van der Waals surface area contributed by atoms with Crippen molar-refractivity contribution in [2.24, 2.45) is 11.8 Å². The number of hydrogen-bond acceptors (Lipinski definition) is 16. The van der Waals surface area contributed by atoms with E-state index in [1.165, 1.54) is 7.11 Å². The first-order valence-electron chi connectivity index (χ1n) is 20.7. The molecule has 0 spiro atoms. The molecule has 4 saturated heterocycles. The van der Waals surface area contributed by atoms with Crippen LogP contribution in [0.2, 0.25) is 0 Å². The summed E-state index contributed by atoms with van der Waals surface area (Å²) in [5.41, 5.74) is 0.982. The molecule has 0 radical (unpaired) electrons. The quantitative estimate of drug-likeness (QED) is 0.269. The molecule has 1 amide bonds. The zero-order valence-corrected chi connectivity index (χ0v) is 32.9. The number of phenols is 1. The Bertz CT molecular complexity index is 1870. The molecule has 3 aliphatic carbocycles. The van der Waals surface area contributed by atoms with Crippen LogP contribution in [0.5, 0.6) is 5.75 Å². The molecule has 17 heteroatoms. The monoisotopic (exact) mass is 815 g/mol. The summed E-state index contributed by atoms with van der Waals surface area (Å²) < 4.78 is 54.8. The number of rotatable bonds is 5. The van der Waals surface area contributed by atoms with Gasteiger partial charge in [-0.25, -0.2) is 0 Å². The lowest BCUT2D eigenvalue weighted by atomic mass is 9.57. The van der Waals surface area contributed by atoms with Gasteiger partial charge in [0.15, 0.2) is 18.4 Å². The van der Waals surface area contributed by atoms with Gasteiger partial charge >= 0.3 is 0 Å². The topological polar surface area (TPSA) is 222 Å². The third-order valence-electron chi connectivity index (χ3n) is 14.4. The second-order valence-corrected chi connectivity index (χ2v) is 17.7. The summed E-state index contributed by atoms with van der Waals surface area (Å²) in [4.78, 5) is 30.0. The molecule has 9 aliphatic rings. The number of aliphatic hydroxyl groups excluding tert-OH is 4. The molecule has 58 heavy (non-hydrogen) atoms. The van der Waals surface area contributed by atoms with Gasteiger partial charge in [-0.1, -0.05) is 6.07 Å². The molecule has 10 rings (SSSR count). The largest absolute Gasteiger partial charge is 0.507 e. The van der Waals surface area contributed by atoms with Crippen LogP contribution in [-0.2, 0) is 60.3 Å². The summed E-state index contributed by atoms with van der Waals surface area (Å²) in [7, 11) is 1.54. The number of hydrogen-bond donors (Lipinski definition) is 5. The highest BCUT2D eigenvalue weighted by Gasteiger charge is 2.64. The molecule has 18 atom stereocenters. The standard InChI is InChI=1S/C41H53NO16/c1-15-20(56-25-12-22(50-4)32(44)16(2)55-25)5-6-24(54-15)57-23-11-19(43)28-35(47)31-36(48)30-26-17(9-18-13-41(3)42(7-8-53-41)40(49)27(18)34(26)46)10-21-29(30)38(52-14-51-21)39(31)58-37(28)33(23)45/h9,15-16,19-25,29-33,36,38-39,43-46,48H,5-8,10-14H2,1-4H3. The molecule has 1 saturated carbocycles. The second-order valence-electron chi connectivity index (χ2n) is 17.7. The lowest BCUT2D eigenvalue weighted by molar-refractivity contribution is -0.303. The second kappa shape index (κ2) is 14.4. The Morgan fingerprint density at radius 2 is 1.66 bits per heavy atom. The van der Waals surface area contributed by atoms with Gasteiger partial charge in [0.25, 0.3) is 5.91 Å². The summed E-state index contributed by atoms with van der Waals surface area (Å²) in [6.45, 7) is 6.15. The van der Waals surface area contributed by atoms with Gasteiger partial charge < -0.3 is 73.1 Å². The van der Waals surface area contributed by atoms with Crippen LogP contribution in [0.4, 0.5) is 0 Å². The highest BCUT2D eigenvalue weighted by molar-refractivity contribution is 6.02. The van der Waals surface area contributed by atoms with Gasteiger partial charge in [0.05, 0.1) is 72.5 Å². The van der Waals surface area contributed by atoms with Gasteiger partial charge in [0.2, 0.25) is 0 Å². The SMILES string of the molecule is COC1CC(OC2CCC(OC3CC(O)C4=C(OC5C6OCOC7Cc8cc9c(c(O)c8C(C(O)C5C4=O)C76)C(=O)N4CCOC4(C)C9)C3O)OC2C)OC(C)C1O. The fourth-order valence-electron chi connectivity index (χ4n) is 11.6. The van der Waals surface area contributed by atoms with Crippen molar-refractivity contribution in [3.05, 3.63) is 39.7 Å². The van der Waals surface area contributed by atoms with Crippen LogP contribution >= 0.6 is 0 Å². The van der Waals surface area contributed by atoms with Crippen molar-refractivity contribution in [3.8, 4) is 5.75 Å². The van der Waals surface area contributed by atoms with E-state index in [1.54, 1.807) is 11.8 Å². The van der Waals surface area contributed by atoms with E-state index in [4.69, 9.17) is 42.6 Å². The van der Waals surface area contributed by atoms with Crippen molar-refractivity contribution < 1.29 is 77.8 Å². The van der Waals surface area contributed by atoms with Crippen molar-refractivity contribution in [1.82, 2.24) is 4.90 Å². The third-order valence-corrected chi connectivity index (χ3v) is 14.4. The van der Waals surface area contributed by atoms with Gasteiger partial charge in [-0.3, -0.25) is 9.59 Å². The molecular formula is C41H53NO16. The smallest absolute Gasteiger partial charge is 0.260 e. The Balaban J connectivity index is 0.881. The normalized spacial score (nSPS) is 47.0. The van der Waals surface area contributed by atoms with Crippen molar-refractivity contribution in [2.75, 3.05) is 27.1 Å². The Hall–Kier alpha value is -2.78. The summed E-state index contributed by atoms with van der Waals surface area (Å²) in [5.74, 6) is -3.93. The van der Waals surface area contributed by atoms with Crippen LogP contribution in [0.3, 0.4) is 0 Å². The molecule has 0 aromatic heterocycles. The molecular weight excluding hydrogens is 762 g/mol. The van der Waals surface area contributed by atoms with Gasteiger partial charge in [0, 0.05) is 56.7 Å². The molecule has 5 fully saturated rings. The molecule has 0 bridgehead atoms. The van der Waals surface area contributed by atoms with Crippen LogP contribution in [0.15, 0.2) is 17.4 Å². The summed E-state index contributed by atoms with van der Waals surface area (Å²) in [6, 6.07) is 1.90. The van der Waals surface area contributed by atoms with Crippen LogP contribution in [0, 0.1) is 11.8 Å². The van der Waals surface area contributed by atoms with E-state index in [0.717, 1.165) is 0 Å². The number of phenolic OH excluding ortho intramolecular Hbond substituents is 1. The highest BCUT2D eigenvalue weighted by Crippen LogP contribution is 2.57. The van der Waals surface area contributed by atoms with Crippen LogP contribution in [0.1, 0.15) is 79.4 Å². The molecule has 18 unspecified atom stereocenters. The van der Waals surface area contributed by atoms with Crippen LogP contribution in [-0.4, -0.2) is 161 Å². The number of carbonyl (C=O) groups excluding carboxylic acids is 2. The molecule has 6 heterocycles. The van der Waals surface area contributed by atoms with Crippen molar-refractivity contribution in [2.45, 2.75) is 157 Å². The number of ether oxygens (including phenoxy) is 9. The first-order valence-corrected chi connectivity index (χ1v) is 20.7. The number of carbonyl (C=O) groups is 2. The lowest BCUT2D eigenvalue weighted by Gasteiger charge is -2.57. The summed E-state index contributed by atoms with van der Waals surface area (Å²) >= 11 is 0. The molecule has 5 N–H and O–H groups in total. The van der Waals surface area contributed by atoms with E-state index in [9.17, 15) is 35.1 Å². The molecule has 6 aliphatic heterocycles. The van der Waals surface area contributed by atoms with Crippen molar-refractivity contribution in [3.63, 3.8) is 0 Å². The van der Waals surface area contributed by atoms with Crippen molar-refractivity contribution in [1.29, 1.82) is 0 Å². The predicted molar refractivity (Wildman–Crippen MR) is 194 cm³/mol. The van der Waals surface area contributed by atoms with Crippen LogP contribution < -0.4 is 0 Å². The number of amides is 1. The van der Waals surface area contributed by atoms with Gasteiger partial charge in [-0.2, -0.15) is 0 Å². The number of benzene rings is 1.